The molecule has 0 aliphatic rings. The summed E-state index contributed by atoms with van der Waals surface area (Å²) in [4.78, 5) is 6.59. The van der Waals surface area contributed by atoms with Crippen LogP contribution in [0, 0.1) is 6.92 Å². The van der Waals surface area contributed by atoms with Gasteiger partial charge in [-0.25, -0.2) is 0 Å². The second-order valence-electron chi connectivity index (χ2n) is 4.41. The lowest BCUT2D eigenvalue weighted by Crippen LogP contribution is -2.14. The van der Waals surface area contributed by atoms with Crippen molar-refractivity contribution in [2.45, 2.75) is 13.5 Å². The average molecular weight is 284 g/mol. The van der Waals surface area contributed by atoms with Crippen molar-refractivity contribution in [1.29, 1.82) is 0 Å². The van der Waals surface area contributed by atoms with E-state index in [0.29, 0.717) is 16.6 Å². The predicted octanol–water partition coefficient (Wildman–Crippen LogP) is 3.37. The van der Waals surface area contributed by atoms with Gasteiger partial charge in [0.25, 0.3) is 0 Å². The third-order valence-electron chi connectivity index (χ3n) is 2.98. The molecule has 2 aromatic rings. The standard InChI is InChI=1S/C13H15Cl2N3/c1-7-12(6-16)17-11-5-10(15)9(14)4-8(11)13(7)18(2)3/h4-5H,6,16H2,1-3H3. The van der Waals surface area contributed by atoms with E-state index in [1.165, 1.54) is 0 Å². The lowest BCUT2D eigenvalue weighted by molar-refractivity contribution is 0.974. The summed E-state index contributed by atoms with van der Waals surface area (Å²) in [6.45, 7) is 2.43. The van der Waals surface area contributed by atoms with Crippen LogP contribution in [-0.4, -0.2) is 19.1 Å². The number of pyridine rings is 1. The highest BCUT2D eigenvalue weighted by Gasteiger charge is 2.14. The number of nitrogens with zero attached hydrogens (tertiary/aromatic N) is 2. The molecular formula is C13H15Cl2N3. The Balaban J connectivity index is 2.91. The minimum Gasteiger partial charge on any atom is -0.377 e. The zero-order chi connectivity index (χ0) is 13.4. The van der Waals surface area contributed by atoms with Crippen LogP contribution < -0.4 is 10.6 Å². The second-order valence-corrected chi connectivity index (χ2v) is 5.23. The molecule has 0 amide bonds. The van der Waals surface area contributed by atoms with Crippen LogP contribution in [0.4, 0.5) is 5.69 Å². The molecule has 5 heteroatoms. The van der Waals surface area contributed by atoms with E-state index < -0.39 is 0 Å². The Bertz CT molecular complexity index is 609. The topological polar surface area (TPSA) is 42.1 Å². The van der Waals surface area contributed by atoms with Gasteiger partial charge in [-0.15, -0.1) is 0 Å². The zero-order valence-corrected chi connectivity index (χ0v) is 12.1. The highest BCUT2D eigenvalue weighted by molar-refractivity contribution is 6.42. The molecule has 2 rings (SSSR count). The number of anilines is 1. The lowest BCUT2D eigenvalue weighted by Gasteiger charge is -2.20. The van der Waals surface area contributed by atoms with E-state index in [0.717, 1.165) is 27.8 Å². The fraction of sp³-hybridized carbons (Fsp3) is 0.308. The minimum atomic E-state index is 0.406. The van der Waals surface area contributed by atoms with Gasteiger partial charge in [-0.3, -0.25) is 4.98 Å². The average Bonchev–Trinajstić information content (AvgIpc) is 2.30. The van der Waals surface area contributed by atoms with Crippen molar-refractivity contribution in [3.63, 3.8) is 0 Å². The highest BCUT2D eigenvalue weighted by Crippen LogP contribution is 2.35. The summed E-state index contributed by atoms with van der Waals surface area (Å²) < 4.78 is 0. The van der Waals surface area contributed by atoms with Gasteiger partial charge in [0.05, 0.1) is 26.9 Å². The van der Waals surface area contributed by atoms with Crippen molar-refractivity contribution in [3.8, 4) is 0 Å². The van der Waals surface area contributed by atoms with Gasteiger partial charge in [-0.05, 0) is 24.6 Å². The van der Waals surface area contributed by atoms with Crippen molar-refractivity contribution in [1.82, 2.24) is 4.98 Å². The van der Waals surface area contributed by atoms with E-state index >= 15 is 0 Å². The van der Waals surface area contributed by atoms with Gasteiger partial charge >= 0.3 is 0 Å². The summed E-state index contributed by atoms with van der Waals surface area (Å²) >= 11 is 12.1. The number of hydrogen-bond donors (Lipinski definition) is 1. The molecule has 0 saturated carbocycles. The summed E-state index contributed by atoms with van der Waals surface area (Å²) in [6, 6.07) is 3.64. The van der Waals surface area contributed by atoms with Crippen LogP contribution in [0.25, 0.3) is 10.9 Å². The van der Waals surface area contributed by atoms with Gasteiger partial charge in [-0.2, -0.15) is 0 Å². The number of hydrogen-bond acceptors (Lipinski definition) is 3. The predicted molar refractivity (Wildman–Crippen MR) is 78.7 cm³/mol. The number of halogens is 2. The number of aromatic nitrogens is 1. The quantitative estimate of drug-likeness (QED) is 0.919. The van der Waals surface area contributed by atoms with E-state index in [4.69, 9.17) is 28.9 Å². The molecule has 0 saturated heterocycles. The van der Waals surface area contributed by atoms with Crippen molar-refractivity contribution >= 4 is 39.8 Å². The minimum absolute atomic E-state index is 0.406. The monoisotopic (exact) mass is 283 g/mol. The summed E-state index contributed by atoms with van der Waals surface area (Å²) in [7, 11) is 3.98. The van der Waals surface area contributed by atoms with Gasteiger partial charge < -0.3 is 10.6 Å². The van der Waals surface area contributed by atoms with Crippen LogP contribution in [0.3, 0.4) is 0 Å². The van der Waals surface area contributed by atoms with Crippen LogP contribution in [0.2, 0.25) is 10.0 Å². The van der Waals surface area contributed by atoms with E-state index in [9.17, 15) is 0 Å². The first-order valence-corrected chi connectivity index (χ1v) is 6.37. The normalized spacial score (nSPS) is 11.0. The maximum Gasteiger partial charge on any atom is 0.0742 e. The molecule has 96 valence electrons. The van der Waals surface area contributed by atoms with Crippen molar-refractivity contribution in [2.75, 3.05) is 19.0 Å². The molecule has 1 aromatic carbocycles. The van der Waals surface area contributed by atoms with Gasteiger partial charge in [-0.1, -0.05) is 23.2 Å². The van der Waals surface area contributed by atoms with E-state index in [2.05, 4.69) is 4.98 Å². The Morgan fingerprint density at radius 2 is 1.83 bits per heavy atom. The molecule has 0 fully saturated rings. The molecule has 0 aliphatic heterocycles. The molecule has 0 bridgehead atoms. The Hall–Kier alpha value is -1.03. The third kappa shape index (κ3) is 2.14. The van der Waals surface area contributed by atoms with E-state index in [1.54, 1.807) is 6.07 Å². The molecule has 2 N–H and O–H groups in total. The SMILES string of the molecule is Cc1c(CN)nc2cc(Cl)c(Cl)cc2c1N(C)C. The molecular weight excluding hydrogens is 269 g/mol. The van der Waals surface area contributed by atoms with Crippen molar-refractivity contribution < 1.29 is 0 Å². The molecule has 0 aliphatic carbocycles. The van der Waals surface area contributed by atoms with Crippen LogP contribution >= 0.6 is 23.2 Å². The smallest absolute Gasteiger partial charge is 0.0742 e. The van der Waals surface area contributed by atoms with Crippen LogP contribution in [0.5, 0.6) is 0 Å². The molecule has 0 unspecified atom stereocenters. The largest absolute Gasteiger partial charge is 0.377 e. The second kappa shape index (κ2) is 4.92. The van der Waals surface area contributed by atoms with Crippen LogP contribution in [0.1, 0.15) is 11.3 Å². The molecule has 0 atom stereocenters. The van der Waals surface area contributed by atoms with Crippen LogP contribution in [0.15, 0.2) is 12.1 Å². The summed E-state index contributed by atoms with van der Waals surface area (Å²) in [5.41, 5.74) is 9.60. The van der Waals surface area contributed by atoms with Gasteiger partial charge in [0.1, 0.15) is 0 Å². The number of benzene rings is 1. The highest BCUT2D eigenvalue weighted by atomic mass is 35.5. The molecule has 3 nitrogen and oxygen atoms in total. The Morgan fingerprint density at radius 1 is 1.22 bits per heavy atom. The Kier molecular flexibility index (Phi) is 3.66. The maximum atomic E-state index is 6.09. The molecule has 0 radical (unpaired) electrons. The van der Waals surface area contributed by atoms with Crippen LogP contribution in [-0.2, 0) is 6.54 Å². The first-order valence-electron chi connectivity index (χ1n) is 5.61. The van der Waals surface area contributed by atoms with E-state index in [-0.39, 0.29) is 0 Å². The van der Waals surface area contributed by atoms with Gasteiger partial charge in [0, 0.05) is 26.0 Å². The lowest BCUT2D eigenvalue weighted by atomic mass is 10.1. The summed E-state index contributed by atoms with van der Waals surface area (Å²) in [5.74, 6) is 0. The molecule has 0 spiro atoms. The summed E-state index contributed by atoms with van der Waals surface area (Å²) in [5, 5.41) is 2.03. The van der Waals surface area contributed by atoms with Crippen molar-refractivity contribution in [3.05, 3.63) is 33.4 Å². The van der Waals surface area contributed by atoms with E-state index in [1.807, 2.05) is 32.0 Å². The number of fused-ring (bicyclic) bond motifs is 1. The maximum absolute atomic E-state index is 6.09. The first kappa shape index (κ1) is 13.4. The molecule has 18 heavy (non-hydrogen) atoms. The third-order valence-corrected chi connectivity index (χ3v) is 3.70. The summed E-state index contributed by atoms with van der Waals surface area (Å²) in [6.07, 6.45) is 0. The number of nitrogens with two attached hydrogens (primary N) is 1. The molecule has 1 aromatic heterocycles. The first-order chi connectivity index (χ1) is 8.45. The van der Waals surface area contributed by atoms with Gasteiger partial charge in [0.2, 0.25) is 0 Å². The number of rotatable bonds is 2. The Labute approximate surface area is 116 Å². The Morgan fingerprint density at radius 3 is 2.39 bits per heavy atom. The van der Waals surface area contributed by atoms with Gasteiger partial charge in [0.15, 0.2) is 0 Å². The zero-order valence-electron chi connectivity index (χ0n) is 10.6. The van der Waals surface area contributed by atoms with Crippen molar-refractivity contribution in [2.24, 2.45) is 5.73 Å². The fourth-order valence-corrected chi connectivity index (χ4v) is 2.48. The molecule has 1 heterocycles. The fourth-order valence-electron chi connectivity index (χ4n) is 2.16.